The number of benzene rings is 1. The van der Waals surface area contributed by atoms with Crippen molar-refractivity contribution in [3.63, 3.8) is 0 Å². The van der Waals surface area contributed by atoms with E-state index < -0.39 is 0 Å². The summed E-state index contributed by atoms with van der Waals surface area (Å²) in [6, 6.07) is 7.92. The quantitative estimate of drug-likeness (QED) is 0.840. The van der Waals surface area contributed by atoms with Crippen LogP contribution in [0.4, 0.5) is 4.39 Å². The second-order valence-corrected chi connectivity index (χ2v) is 3.99. The van der Waals surface area contributed by atoms with Gasteiger partial charge in [0.15, 0.2) is 0 Å². The van der Waals surface area contributed by atoms with E-state index in [1.807, 2.05) is 6.07 Å². The number of hydrogen-bond donors (Lipinski definition) is 2. The van der Waals surface area contributed by atoms with E-state index in [1.165, 1.54) is 12.1 Å². The fraction of sp³-hybridized carbons (Fsp3) is 0.231. The Kier molecular flexibility index (Phi) is 4.06. The number of carbonyl (C=O) groups is 1. The van der Waals surface area contributed by atoms with Gasteiger partial charge in [0.2, 0.25) is 5.91 Å². The Bertz CT molecular complexity index is 511. The molecule has 0 bridgehead atoms. The third-order valence-electron chi connectivity index (χ3n) is 2.53. The number of rotatable bonds is 5. The first-order valence-corrected chi connectivity index (χ1v) is 5.73. The minimum atomic E-state index is -0.322. The lowest BCUT2D eigenvalue weighted by molar-refractivity contribution is -0.120. The first-order valence-electron chi connectivity index (χ1n) is 5.73. The van der Waals surface area contributed by atoms with Gasteiger partial charge in [-0.25, -0.2) is 4.39 Å². The second kappa shape index (κ2) is 5.95. The summed E-state index contributed by atoms with van der Waals surface area (Å²) < 4.78 is 12.9. The number of aromatic amines is 1. The lowest BCUT2D eigenvalue weighted by Gasteiger charge is -2.04. The van der Waals surface area contributed by atoms with Crippen LogP contribution in [0, 0.1) is 5.82 Å². The van der Waals surface area contributed by atoms with Gasteiger partial charge in [-0.05, 0) is 23.8 Å². The van der Waals surface area contributed by atoms with Gasteiger partial charge >= 0.3 is 0 Å². The monoisotopic (exact) mass is 247 g/mol. The molecule has 0 aliphatic rings. The van der Waals surface area contributed by atoms with Gasteiger partial charge in [0.25, 0.3) is 0 Å². The fourth-order valence-electron chi connectivity index (χ4n) is 1.66. The summed E-state index contributed by atoms with van der Waals surface area (Å²) in [6.07, 6.45) is 2.57. The Labute approximate surface area is 104 Å². The van der Waals surface area contributed by atoms with Crippen molar-refractivity contribution < 1.29 is 9.18 Å². The van der Waals surface area contributed by atoms with Gasteiger partial charge in [-0.15, -0.1) is 0 Å². The Morgan fingerprint density at radius 2 is 2.28 bits per heavy atom. The van der Waals surface area contributed by atoms with E-state index in [-0.39, 0.29) is 18.1 Å². The summed E-state index contributed by atoms with van der Waals surface area (Å²) in [7, 11) is 0. The number of hydrogen-bond acceptors (Lipinski definition) is 2. The first-order chi connectivity index (χ1) is 8.74. The molecule has 2 N–H and O–H groups in total. The third kappa shape index (κ3) is 3.69. The number of aromatic nitrogens is 2. The Morgan fingerprint density at radius 1 is 1.39 bits per heavy atom. The molecule has 0 saturated carbocycles. The van der Waals surface area contributed by atoms with E-state index >= 15 is 0 Å². The van der Waals surface area contributed by atoms with E-state index in [2.05, 4.69) is 15.5 Å². The van der Waals surface area contributed by atoms with E-state index in [9.17, 15) is 9.18 Å². The number of carbonyl (C=O) groups excluding carboxylic acids is 1. The molecule has 0 unspecified atom stereocenters. The molecule has 94 valence electrons. The van der Waals surface area contributed by atoms with Crippen molar-refractivity contribution in [2.45, 2.75) is 12.8 Å². The molecule has 4 nitrogen and oxygen atoms in total. The van der Waals surface area contributed by atoms with Gasteiger partial charge in [0.1, 0.15) is 5.82 Å². The average Bonchev–Trinajstić information content (AvgIpc) is 2.82. The van der Waals surface area contributed by atoms with E-state index in [0.29, 0.717) is 18.5 Å². The summed E-state index contributed by atoms with van der Waals surface area (Å²) in [5.74, 6) is -0.433. The smallest absolute Gasteiger partial charge is 0.224 e. The molecular weight excluding hydrogens is 233 g/mol. The summed E-state index contributed by atoms with van der Waals surface area (Å²) in [5, 5.41) is 9.41. The van der Waals surface area contributed by atoms with E-state index in [0.717, 1.165) is 5.69 Å². The van der Waals surface area contributed by atoms with Crippen LogP contribution in [-0.2, 0) is 17.6 Å². The topological polar surface area (TPSA) is 57.8 Å². The summed E-state index contributed by atoms with van der Waals surface area (Å²) >= 11 is 0. The first kappa shape index (κ1) is 12.3. The van der Waals surface area contributed by atoms with Crippen molar-refractivity contribution in [3.05, 3.63) is 53.6 Å². The molecule has 2 aromatic rings. The Morgan fingerprint density at radius 3 is 3.00 bits per heavy atom. The molecule has 1 amide bonds. The van der Waals surface area contributed by atoms with Crippen molar-refractivity contribution in [2.24, 2.45) is 0 Å². The minimum Gasteiger partial charge on any atom is -0.355 e. The summed E-state index contributed by atoms with van der Waals surface area (Å²) in [5.41, 5.74) is 1.65. The molecule has 1 aromatic carbocycles. The highest BCUT2D eigenvalue weighted by molar-refractivity contribution is 5.78. The van der Waals surface area contributed by atoms with E-state index in [1.54, 1.807) is 18.3 Å². The predicted molar refractivity (Wildman–Crippen MR) is 65.4 cm³/mol. The van der Waals surface area contributed by atoms with Gasteiger partial charge in [-0.1, -0.05) is 12.1 Å². The largest absolute Gasteiger partial charge is 0.355 e. The van der Waals surface area contributed by atoms with Crippen LogP contribution in [0.25, 0.3) is 0 Å². The van der Waals surface area contributed by atoms with Gasteiger partial charge < -0.3 is 5.32 Å². The highest BCUT2D eigenvalue weighted by Crippen LogP contribution is 2.04. The van der Waals surface area contributed by atoms with Gasteiger partial charge in [-0.2, -0.15) is 5.10 Å². The van der Waals surface area contributed by atoms with Crippen LogP contribution in [0.3, 0.4) is 0 Å². The molecular formula is C13H14FN3O. The van der Waals surface area contributed by atoms with E-state index in [4.69, 9.17) is 0 Å². The fourth-order valence-corrected chi connectivity index (χ4v) is 1.66. The van der Waals surface area contributed by atoms with Crippen LogP contribution in [0.1, 0.15) is 11.3 Å². The molecule has 0 atom stereocenters. The Hall–Kier alpha value is -2.17. The molecule has 0 aliphatic heterocycles. The number of nitrogens with zero attached hydrogens (tertiary/aromatic N) is 1. The zero-order valence-electron chi connectivity index (χ0n) is 9.82. The third-order valence-corrected chi connectivity index (χ3v) is 2.53. The number of halogens is 1. The zero-order valence-corrected chi connectivity index (χ0v) is 9.82. The normalized spacial score (nSPS) is 10.3. The molecule has 1 aromatic heterocycles. The molecule has 1 heterocycles. The van der Waals surface area contributed by atoms with Crippen molar-refractivity contribution in [1.29, 1.82) is 0 Å². The molecule has 2 rings (SSSR count). The van der Waals surface area contributed by atoms with Crippen LogP contribution < -0.4 is 5.32 Å². The van der Waals surface area contributed by atoms with Crippen LogP contribution in [0.5, 0.6) is 0 Å². The SMILES string of the molecule is O=C(Cc1cccc(F)c1)NCCc1ccn[nH]1. The van der Waals surface area contributed by atoms with Crippen molar-refractivity contribution in [1.82, 2.24) is 15.5 Å². The lowest BCUT2D eigenvalue weighted by atomic mass is 10.1. The molecule has 18 heavy (non-hydrogen) atoms. The predicted octanol–water partition coefficient (Wildman–Crippen LogP) is 1.45. The van der Waals surface area contributed by atoms with Gasteiger partial charge in [0, 0.05) is 24.9 Å². The van der Waals surface area contributed by atoms with Crippen LogP contribution >= 0.6 is 0 Å². The van der Waals surface area contributed by atoms with Crippen LogP contribution in [0.15, 0.2) is 36.5 Å². The highest BCUT2D eigenvalue weighted by Gasteiger charge is 2.04. The van der Waals surface area contributed by atoms with Crippen LogP contribution in [0.2, 0.25) is 0 Å². The highest BCUT2D eigenvalue weighted by atomic mass is 19.1. The maximum absolute atomic E-state index is 12.9. The maximum atomic E-state index is 12.9. The average molecular weight is 247 g/mol. The molecule has 5 heteroatoms. The molecule has 0 fully saturated rings. The number of amides is 1. The van der Waals surface area contributed by atoms with Crippen molar-refractivity contribution >= 4 is 5.91 Å². The van der Waals surface area contributed by atoms with Crippen LogP contribution in [-0.4, -0.2) is 22.6 Å². The van der Waals surface area contributed by atoms with Crippen molar-refractivity contribution in [2.75, 3.05) is 6.54 Å². The molecule has 0 saturated heterocycles. The zero-order chi connectivity index (χ0) is 12.8. The number of nitrogens with one attached hydrogen (secondary N) is 2. The van der Waals surface area contributed by atoms with Gasteiger partial charge in [0.05, 0.1) is 6.42 Å². The summed E-state index contributed by atoms with van der Waals surface area (Å²) in [4.78, 5) is 11.6. The molecule has 0 radical (unpaired) electrons. The van der Waals surface area contributed by atoms with Crippen molar-refractivity contribution in [3.8, 4) is 0 Å². The molecule has 0 spiro atoms. The Balaban J connectivity index is 1.75. The standard InChI is InChI=1S/C13H14FN3O/c14-11-3-1-2-10(8-11)9-13(18)15-6-4-12-5-7-16-17-12/h1-3,5,7-8H,4,6,9H2,(H,15,18)(H,16,17). The minimum absolute atomic E-state index is 0.111. The summed E-state index contributed by atoms with van der Waals surface area (Å²) in [6.45, 7) is 0.538. The molecule has 0 aliphatic carbocycles. The maximum Gasteiger partial charge on any atom is 0.224 e. The number of H-pyrrole nitrogens is 1. The lowest BCUT2D eigenvalue weighted by Crippen LogP contribution is -2.27. The van der Waals surface area contributed by atoms with Gasteiger partial charge in [-0.3, -0.25) is 9.89 Å². The second-order valence-electron chi connectivity index (χ2n) is 3.99.